The molecule has 0 saturated carbocycles. The number of alkyl halides is 2. The highest BCUT2D eigenvalue weighted by molar-refractivity contribution is 6.42. The van der Waals surface area contributed by atoms with Crippen LogP contribution in [0, 0.1) is 0 Å². The molecule has 0 spiro atoms. The maximum Gasteiger partial charge on any atom is 0.322 e. The van der Waals surface area contributed by atoms with Gasteiger partial charge < -0.3 is 20.1 Å². The molecule has 1 aromatic rings. The van der Waals surface area contributed by atoms with Gasteiger partial charge in [0.1, 0.15) is 5.75 Å². The molecule has 1 aromatic carbocycles. The van der Waals surface area contributed by atoms with E-state index in [1.54, 1.807) is 0 Å². The molecule has 118 valence electrons. The van der Waals surface area contributed by atoms with Gasteiger partial charge in [0.05, 0.1) is 36.0 Å². The predicted octanol–water partition coefficient (Wildman–Crippen LogP) is 3.09. The third-order valence-electron chi connectivity index (χ3n) is 2.50. The summed E-state index contributed by atoms with van der Waals surface area (Å²) in [6.45, 7) is -1.45. The average Bonchev–Trinajstić information content (AvgIpc) is 2.41. The first-order chi connectivity index (χ1) is 9.88. The number of nitrogens with zero attached hydrogens (tertiary/aromatic N) is 1. The number of amides is 2. The van der Waals surface area contributed by atoms with Crippen LogP contribution in [-0.4, -0.2) is 49.3 Å². The first kappa shape index (κ1) is 17.7. The van der Waals surface area contributed by atoms with E-state index in [-0.39, 0.29) is 28.0 Å². The van der Waals surface area contributed by atoms with Gasteiger partial charge in [-0.1, -0.05) is 23.2 Å². The van der Waals surface area contributed by atoms with Gasteiger partial charge in [0, 0.05) is 12.6 Å². The van der Waals surface area contributed by atoms with Gasteiger partial charge in [-0.25, -0.2) is 13.6 Å². The van der Waals surface area contributed by atoms with Gasteiger partial charge in [-0.3, -0.25) is 0 Å². The largest absolute Gasteiger partial charge is 0.495 e. The van der Waals surface area contributed by atoms with Crippen LogP contribution in [0.1, 0.15) is 0 Å². The molecule has 0 heterocycles. The molecular weight excluding hydrogens is 329 g/mol. The Morgan fingerprint density at radius 2 is 2.05 bits per heavy atom. The number of hydrogen-bond acceptors (Lipinski definition) is 3. The molecule has 2 amide bonds. The van der Waals surface area contributed by atoms with Crippen LogP contribution < -0.4 is 10.1 Å². The molecule has 0 aliphatic heterocycles. The molecule has 0 bridgehead atoms. The molecule has 0 aromatic heterocycles. The van der Waals surface area contributed by atoms with E-state index in [0.29, 0.717) is 0 Å². The first-order valence-electron chi connectivity index (χ1n) is 5.87. The number of carbonyl (C=O) groups is 1. The maximum absolute atomic E-state index is 12.4. The van der Waals surface area contributed by atoms with Gasteiger partial charge in [-0.2, -0.15) is 0 Å². The Kier molecular flexibility index (Phi) is 6.94. The molecule has 0 fully saturated rings. The highest BCUT2D eigenvalue weighted by atomic mass is 35.5. The number of urea groups is 1. The van der Waals surface area contributed by atoms with Crippen molar-refractivity contribution in [1.82, 2.24) is 4.90 Å². The van der Waals surface area contributed by atoms with Crippen LogP contribution in [0.4, 0.5) is 19.3 Å². The van der Waals surface area contributed by atoms with Gasteiger partial charge in [-0.15, -0.1) is 0 Å². The molecule has 0 aliphatic rings. The number of benzene rings is 1. The zero-order valence-electron chi connectivity index (χ0n) is 11.1. The number of rotatable bonds is 6. The Balaban J connectivity index is 2.92. The second-order valence-electron chi connectivity index (χ2n) is 3.96. The summed E-state index contributed by atoms with van der Waals surface area (Å²) < 4.78 is 29.8. The van der Waals surface area contributed by atoms with E-state index in [2.05, 4.69) is 5.32 Å². The minimum absolute atomic E-state index is 0.176. The Labute approximate surface area is 130 Å². The highest BCUT2D eigenvalue weighted by Gasteiger charge is 2.19. The molecule has 9 heteroatoms. The summed E-state index contributed by atoms with van der Waals surface area (Å²) in [6, 6.07) is 1.93. The zero-order chi connectivity index (χ0) is 16.0. The Hall–Kier alpha value is -1.31. The Morgan fingerprint density at radius 3 is 2.57 bits per heavy atom. The van der Waals surface area contributed by atoms with E-state index in [1.165, 1.54) is 19.2 Å². The SMILES string of the molecule is COc1cc(Cl)c(Cl)cc1NC(=O)N(CCO)CC(F)F. The topological polar surface area (TPSA) is 61.8 Å². The fraction of sp³-hybridized carbons (Fsp3) is 0.417. The summed E-state index contributed by atoms with van der Waals surface area (Å²) in [5, 5.41) is 11.6. The minimum atomic E-state index is -2.71. The first-order valence-corrected chi connectivity index (χ1v) is 6.62. The molecule has 1 rings (SSSR count). The van der Waals surface area contributed by atoms with Gasteiger partial charge in [0.2, 0.25) is 0 Å². The minimum Gasteiger partial charge on any atom is -0.495 e. The van der Waals surface area contributed by atoms with E-state index < -0.39 is 25.6 Å². The van der Waals surface area contributed by atoms with Crippen LogP contribution >= 0.6 is 23.2 Å². The lowest BCUT2D eigenvalue weighted by Crippen LogP contribution is -2.40. The molecule has 0 saturated heterocycles. The lowest BCUT2D eigenvalue weighted by atomic mass is 10.3. The van der Waals surface area contributed by atoms with Gasteiger partial charge in [0.15, 0.2) is 0 Å². The van der Waals surface area contributed by atoms with Crippen LogP contribution in [0.3, 0.4) is 0 Å². The fourth-order valence-electron chi connectivity index (χ4n) is 1.55. The summed E-state index contributed by atoms with van der Waals surface area (Å²) in [4.78, 5) is 12.7. The lowest BCUT2D eigenvalue weighted by Gasteiger charge is -2.22. The van der Waals surface area contributed by atoms with Crippen molar-refractivity contribution in [2.75, 3.05) is 32.1 Å². The van der Waals surface area contributed by atoms with E-state index in [1.807, 2.05) is 0 Å². The molecule has 5 nitrogen and oxygen atoms in total. The molecule has 2 N–H and O–H groups in total. The van der Waals surface area contributed by atoms with Crippen molar-refractivity contribution in [2.24, 2.45) is 0 Å². The van der Waals surface area contributed by atoms with Crippen molar-refractivity contribution in [2.45, 2.75) is 6.43 Å². The van der Waals surface area contributed by atoms with Gasteiger partial charge in [0.25, 0.3) is 6.43 Å². The molecule has 0 radical (unpaired) electrons. The van der Waals surface area contributed by atoms with Crippen molar-refractivity contribution in [1.29, 1.82) is 0 Å². The zero-order valence-corrected chi connectivity index (χ0v) is 12.6. The normalized spacial score (nSPS) is 10.6. The third-order valence-corrected chi connectivity index (χ3v) is 3.22. The molecule has 0 atom stereocenters. The van der Waals surface area contributed by atoms with Crippen molar-refractivity contribution in [3.8, 4) is 5.75 Å². The number of anilines is 1. The molecule has 0 aliphatic carbocycles. The second-order valence-corrected chi connectivity index (χ2v) is 4.77. The molecule has 21 heavy (non-hydrogen) atoms. The lowest BCUT2D eigenvalue weighted by molar-refractivity contribution is 0.0943. The quantitative estimate of drug-likeness (QED) is 0.834. The van der Waals surface area contributed by atoms with E-state index >= 15 is 0 Å². The highest BCUT2D eigenvalue weighted by Crippen LogP contribution is 2.34. The smallest absolute Gasteiger partial charge is 0.322 e. The number of methoxy groups -OCH3 is 1. The maximum atomic E-state index is 12.4. The van der Waals surface area contributed by atoms with Crippen molar-refractivity contribution in [3.63, 3.8) is 0 Å². The summed E-state index contributed by atoms with van der Waals surface area (Å²) in [5.41, 5.74) is 0.189. The summed E-state index contributed by atoms with van der Waals surface area (Å²) >= 11 is 11.7. The summed E-state index contributed by atoms with van der Waals surface area (Å²) in [5.74, 6) is 0.235. The van der Waals surface area contributed by atoms with E-state index in [4.69, 9.17) is 33.0 Å². The number of ether oxygens (including phenoxy) is 1. The second kappa shape index (κ2) is 8.21. The van der Waals surface area contributed by atoms with Crippen molar-refractivity contribution in [3.05, 3.63) is 22.2 Å². The van der Waals surface area contributed by atoms with Crippen LogP contribution in [0.15, 0.2) is 12.1 Å². The Morgan fingerprint density at radius 1 is 1.43 bits per heavy atom. The predicted molar refractivity (Wildman–Crippen MR) is 76.7 cm³/mol. The third kappa shape index (κ3) is 5.18. The molecular formula is C12H14Cl2F2N2O3. The number of halogens is 4. The van der Waals surface area contributed by atoms with Gasteiger partial charge >= 0.3 is 6.03 Å². The van der Waals surface area contributed by atoms with Crippen molar-refractivity contribution >= 4 is 34.9 Å². The number of nitrogens with one attached hydrogen (secondary N) is 1. The number of aliphatic hydroxyl groups excluding tert-OH is 1. The van der Waals surface area contributed by atoms with Crippen LogP contribution in [-0.2, 0) is 0 Å². The fourth-order valence-corrected chi connectivity index (χ4v) is 1.87. The van der Waals surface area contributed by atoms with Crippen LogP contribution in [0.2, 0.25) is 10.0 Å². The number of aliphatic hydroxyl groups is 1. The van der Waals surface area contributed by atoms with Gasteiger partial charge in [-0.05, 0) is 6.07 Å². The monoisotopic (exact) mass is 342 g/mol. The summed E-state index contributed by atoms with van der Waals surface area (Å²) in [6.07, 6.45) is -2.71. The van der Waals surface area contributed by atoms with E-state index in [9.17, 15) is 13.6 Å². The Bertz CT molecular complexity index is 504. The molecule has 0 unspecified atom stereocenters. The van der Waals surface area contributed by atoms with E-state index in [0.717, 1.165) is 4.90 Å². The van der Waals surface area contributed by atoms with Crippen LogP contribution in [0.25, 0.3) is 0 Å². The standard InChI is InChI=1S/C12H14Cl2F2N2O3/c1-21-10-5-8(14)7(13)4-9(10)17-12(20)18(2-3-19)6-11(15)16/h4-5,11,19H,2-3,6H2,1H3,(H,17,20). The van der Waals surface area contributed by atoms with Crippen LogP contribution in [0.5, 0.6) is 5.75 Å². The average molecular weight is 343 g/mol. The number of carbonyl (C=O) groups excluding carboxylic acids is 1. The number of hydrogen-bond donors (Lipinski definition) is 2. The summed E-state index contributed by atoms with van der Waals surface area (Å²) in [7, 11) is 1.36. The van der Waals surface area contributed by atoms with Crippen molar-refractivity contribution < 1.29 is 23.4 Å².